The van der Waals surface area contributed by atoms with E-state index in [1.807, 2.05) is 42.7 Å². The lowest BCUT2D eigenvalue weighted by Crippen LogP contribution is -2.20. The van der Waals surface area contributed by atoms with Crippen LogP contribution in [0.4, 0.5) is 5.69 Å². The molecule has 3 rings (SSSR count). The maximum Gasteiger partial charge on any atom is 0.270 e. The molecule has 1 N–H and O–H groups in total. The quantitative estimate of drug-likeness (QED) is 0.256. The normalized spacial score (nSPS) is 11.0. The van der Waals surface area contributed by atoms with Crippen molar-refractivity contribution >= 4 is 29.6 Å². The largest absolute Gasteiger partial charge is 0.302 e. The van der Waals surface area contributed by atoms with Gasteiger partial charge in [0.15, 0.2) is 11.0 Å². The zero-order valence-corrected chi connectivity index (χ0v) is 17.3. The SMILES string of the molecule is CCn1c(SCC(=O)NN=Cc2cccc([N+](=O)[O-])c2)nnc1-c1ccc(C)cc1. The topological polar surface area (TPSA) is 115 Å². The number of non-ortho nitro benzene ring substituents is 1. The third-order valence-corrected chi connectivity index (χ3v) is 5.13. The number of aromatic nitrogens is 3. The molecule has 10 heteroatoms. The minimum absolute atomic E-state index is 0.0379. The molecule has 3 aromatic rings. The Labute approximate surface area is 177 Å². The molecule has 0 radical (unpaired) electrons. The Morgan fingerprint density at radius 1 is 1.27 bits per heavy atom. The van der Waals surface area contributed by atoms with Gasteiger partial charge in [0.05, 0.1) is 16.9 Å². The van der Waals surface area contributed by atoms with Crippen molar-refractivity contribution in [1.29, 1.82) is 0 Å². The summed E-state index contributed by atoms with van der Waals surface area (Å²) in [4.78, 5) is 22.4. The Morgan fingerprint density at radius 3 is 2.73 bits per heavy atom. The Hall–Kier alpha value is -3.53. The Morgan fingerprint density at radius 2 is 2.03 bits per heavy atom. The van der Waals surface area contributed by atoms with Crippen LogP contribution in [0.15, 0.2) is 58.8 Å². The van der Waals surface area contributed by atoms with E-state index in [9.17, 15) is 14.9 Å². The number of thioether (sulfide) groups is 1. The number of hydrogen-bond donors (Lipinski definition) is 1. The lowest BCUT2D eigenvalue weighted by atomic mass is 10.1. The van der Waals surface area contributed by atoms with Gasteiger partial charge in [0.1, 0.15) is 0 Å². The first kappa shape index (κ1) is 21.2. The lowest BCUT2D eigenvalue weighted by molar-refractivity contribution is -0.384. The van der Waals surface area contributed by atoms with Crippen molar-refractivity contribution in [2.75, 3.05) is 5.75 Å². The molecule has 0 aliphatic carbocycles. The smallest absolute Gasteiger partial charge is 0.270 e. The highest BCUT2D eigenvalue weighted by Gasteiger charge is 2.14. The van der Waals surface area contributed by atoms with E-state index in [4.69, 9.17) is 0 Å². The monoisotopic (exact) mass is 424 g/mol. The fourth-order valence-electron chi connectivity index (χ4n) is 2.66. The van der Waals surface area contributed by atoms with E-state index in [0.717, 1.165) is 11.4 Å². The van der Waals surface area contributed by atoms with Gasteiger partial charge in [-0.3, -0.25) is 14.9 Å². The minimum atomic E-state index is -0.485. The van der Waals surface area contributed by atoms with Gasteiger partial charge in [-0.1, -0.05) is 53.7 Å². The molecule has 0 spiro atoms. The van der Waals surface area contributed by atoms with Gasteiger partial charge in [-0.2, -0.15) is 5.10 Å². The summed E-state index contributed by atoms with van der Waals surface area (Å²) < 4.78 is 1.95. The number of hydrogen-bond acceptors (Lipinski definition) is 7. The van der Waals surface area contributed by atoms with Gasteiger partial charge in [-0.25, -0.2) is 5.43 Å². The number of nitro benzene ring substituents is 1. The number of aryl methyl sites for hydroxylation is 1. The molecular weight excluding hydrogens is 404 g/mol. The summed E-state index contributed by atoms with van der Waals surface area (Å²) in [5, 5.41) is 23.8. The molecule has 30 heavy (non-hydrogen) atoms. The van der Waals surface area contributed by atoms with Gasteiger partial charge in [-0.05, 0) is 13.8 Å². The van der Waals surface area contributed by atoms with E-state index in [-0.39, 0.29) is 17.3 Å². The molecule has 0 saturated heterocycles. The summed E-state index contributed by atoms with van der Waals surface area (Å²) in [6.07, 6.45) is 1.36. The zero-order chi connectivity index (χ0) is 21.5. The van der Waals surface area contributed by atoms with Crippen molar-refractivity contribution in [2.45, 2.75) is 25.5 Å². The molecular formula is C20H20N6O3S. The lowest BCUT2D eigenvalue weighted by Gasteiger charge is -2.07. The molecule has 2 aromatic carbocycles. The van der Waals surface area contributed by atoms with Crippen molar-refractivity contribution in [3.63, 3.8) is 0 Å². The summed E-state index contributed by atoms with van der Waals surface area (Å²) in [5.41, 5.74) is 5.03. The number of rotatable bonds is 8. The van der Waals surface area contributed by atoms with E-state index in [1.165, 1.54) is 35.7 Å². The number of nitrogens with one attached hydrogen (secondary N) is 1. The maximum absolute atomic E-state index is 12.1. The van der Waals surface area contributed by atoms with Crippen LogP contribution in [-0.4, -0.2) is 37.6 Å². The standard InChI is InChI=1S/C20H20N6O3S/c1-3-25-19(16-9-7-14(2)8-10-16)23-24-20(25)30-13-18(27)22-21-12-15-5-4-6-17(11-15)26(28)29/h4-12H,3,13H2,1-2H3,(H,22,27). The second kappa shape index (κ2) is 9.79. The molecule has 0 unspecified atom stereocenters. The molecule has 0 fully saturated rings. The van der Waals surface area contributed by atoms with Crippen LogP contribution in [0.2, 0.25) is 0 Å². The fourth-order valence-corrected chi connectivity index (χ4v) is 3.45. The predicted molar refractivity (Wildman–Crippen MR) is 115 cm³/mol. The van der Waals surface area contributed by atoms with Crippen LogP contribution in [0.1, 0.15) is 18.1 Å². The number of carbonyl (C=O) groups excluding carboxylic acids is 1. The van der Waals surface area contributed by atoms with Crippen molar-refractivity contribution < 1.29 is 9.72 Å². The Balaban J connectivity index is 1.59. The van der Waals surface area contributed by atoms with Crippen LogP contribution in [0.3, 0.4) is 0 Å². The molecule has 1 amide bonds. The number of benzene rings is 2. The van der Waals surface area contributed by atoms with E-state index < -0.39 is 4.92 Å². The van der Waals surface area contributed by atoms with Crippen LogP contribution >= 0.6 is 11.8 Å². The molecule has 0 saturated carbocycles. The highest BCUT2D eigenvalue weighted by Crippen LogP contribution is 2.24. The minimum Gasteiger partial charge on any atom is -0.302 e. The summed E-state index contributed by atoms with van der Waals surface area (Å²) >= 11 is 1.27. The molecule has 9 nitrogen and oxygen atoms in total. The van der Waals surface area contributed by atoms with Gasteiger partial charge < -0.3 is 4.57 Å². The van der Waals surface area contributed by atoms with E-state index >= 15 is 0 Å². The van der Waals surface area contributed by atoms with Crippen LogP contribution in [0.25, 0.3) is 11.4 Å². The van der Waals surface area contributed by atoms with Crippen LogP contribution in [0.5, 0.6) is 0 Å². The van der Waals surface area contributed by atoms with Crippen molar-refractivity contribution in [3.8, 4) is 11.4 Å². The summed E-state index contributed by atoms with van der Waals surface area (Å²) in [5.74, 6) is 0.548. The molecule has 1 aromatic heterocycles. The zero-order valence-electron chi connectivity index (χ0n) is 16.5. The molecule has 154 valence electrons. The van der Waals surface area contributed by atoms with Gasteiger partial charge in [-0.15, -0.1) is 10.2 Å². The first-order valence-electron chi connectivity index (χ1n) is 9.17. The average molecular weight is 424 g/mol. The van der Waals surface area contributed by atoms with Gasteiger partial charge in [0.25, 0.3) is 11.6 Å². The van der Waals surface area contributed by atoms with E-state index in [1.54, 1.807) is 12.1 Å². The van der Waals surface area contributed by atoms with Crippen molar-refractivity contribution in [1.82, 2.24) is 20.2 Å². The third kappa shape index (κ3) is 5.29. The first-order chi connectivity index (χ1) is 14.5. The Bertz CT molecular complexity index is 1080. The second-order valence-corrected chi connectivity index (χ2v) is 7.29. The maximum atomic E-state index is 12.1. The molecule has 0 aliphatic rings. The summed E-state index contributed by atoms with van der Waals surface area (Å²) in [7, 11) is 0. The number of amides is 1. The van der Waals surface area contributed by atoms with Gasteiger partial charge >= 0.3 is 0 Å². The second-order valence-electron chi connectivity index (χ2n) is 6.35. The van der Waals surface area contributed by atoms with Gasteiger partial charge in [0.2, 0.25) is 0 Å². The van der Waals surface area contributed by atoms with Crippen LogP contribution < -0.4 is 5.43 Å². The molecule has 0 bridgehead atoms. The van der Waals surface area contributed by atoms with Crippen LogP contribution in [-0.2, 0) is 11.3 Å². The predicted octanol–water partition coefficient (Wildman–Crippen LogP) is 3.42. The highest BCUT2D eigenvalue weighted by molar-refractivity contribution is 7.99. The number of nitrogens with zero attached hydrogens (tertiary/aromatic N) is 5. The molecule has 0 atom stereocenters. The van der Waals surface area contributed by atoms with Crippen LogP contribution in [0, 0.1) is 17.0 Å². The van der Waals surface area contributed by atoms with E-state index in [0.29, 0.717) is 17.3 Å². The summed E-state index contributed by atoms with van der Waals surface area (Å²) in [6, 6.07) is 14.0. The third-order valence-electron chi connectivity index (χ3n) is 4.16. The first-order valence-corrected chi connectivity index (χ1v) is 10.2. The van der Waals surface area contributed by atoms with Crippen molar-refractivity contribution in [2.24, 2.45) is 5.10 Å². The molecule has 0 aliphatic heterocycles. The van der Waals surface area contributed by atoms with Crippen molar-refractivity contribution in [3.05, 3.63) is 69.8 Å². The van der Waals surface area contributed by atoms with E-state index in [2.05, 4.69) is 20.7 Å². The number of nitro groups is 1. The molecule has 1 heterocycles. The fraction of sp³-hybridized carbons (Fsp3) is 0.200. The summed E-state index contributed by atoms with van der Waals surface area (Å²) in [6.45, 7) is 4.69. The number of hydrazone groups is 1. The van der Waals surface area contributed by atoms with Gasteiger partial charge in [0, 0.05) is 29.8 Å². The number of carbonyl (C=O) groups is 1. The highest BCUT2D eigenvalue weighted by atomic mass is 32.2. The average Bonchev–Trinajstić information content (AvgIpc) is 3.16. The Kier molecular flexibility index (Phi) is 6.91.